The van der Waals surface area contributed by atoms with Crippen molar-refractivity contribution in [2.75, 3.05) is 25.0 Å². The molecular weight excluding hydrogens is 316 g/mol. The first-order valence-electron chi connectivity index (χ1n) is 8.56. The van der Waals surface area contributed by atoms with Gasteiger partial charge in [0.2, 0.25) is 0 Å². The predicted molar refractivity (Wildman–Crippen MR) is 97.7 cm³/mol. The molecule has 1 aliphatic heterocycles. The maximum atomic E-state index is 11.6. The van der Waals surface area contributed by atoms with Crippen molar-refractivity contribution < 1.29 is 0 Å². The highest BCUT2D eigenvalue weighted by molar-refractivity contribution is 5.42. The van der Waals surface area contributed by atoms with Gasteiger partial charge in [-0.25, -0.2) is 4.79 Å². The summed E-state index contributed by atoms with van der Waals surface area (Å²) in [5, 5.41) is 8.72. The highest BCUT2D eigenvalue weighted by Crippen LogP contribution is 2.24. The van der Waals surface area contributed by atoms with E-state index < -0.39 is 0 Å². The van der Waals surface area contributed by atoms with Gasteiger partial charge in [0.05, 0.1) is 11.4 Å². The minimum absolute atomic E-state index is 0.0168. The molecule has 1 saturated heterocycles. The SMILES string of the molecule is CN(Cc1ccn(C)c(=O)n1)C1CN(c2ccc(C(C)(C)C)nn2)C1. The number of hydrogen-bond donors (Lipinski definition) is 0. The van der Waals surface area contributed by atoms with Crippen molar-refractivity contribution in [2.45, 2.75) is 38.8 Å². The molecule has 134 valence electrons. The van der Waals surface area contributed by atoms with Gasteiger partial charge in [-0.2, -0.15) is 10.1 Å². The van der Waals surface area contributed by atoms with Gasteiger partial charge in [0.25, 0.3) is 0 Å². The van der Waals surface area contributed by atoms with Crippen LogP contribution in [0.3, 0.4) is 0 Å². The van der Waals surface area contributed by atoms with Crippen LogP contribution in [0.25, 0.3) is 0 Å². The molecule has 1 fully saturated rings. The Hall–Kier alpha value is -2.28. The van der Waals surface area contributed by atoms with Gasteiger partial charge in [0.1, 0.15) is 0 Å². The summed E-state index contributed by atoms with van der Waals surface area (Å²) >= 11 is 0. The number of aryl methyl sites for hydroxylation is 1. The van der Waals surface area contributed by atoms with E-state index in [1.807, 2.05) is 12.1 Å². The molecule has 7 nitrogen and oxygen atoms in total. The monoisotopic (exact) mass is 342 g/mol. The zero-order chi connectivity index (χ0) is 18.2. The van der Waals surface area contributed by atoms with Gasteiger partial charge in [0, 0.05) is 44.3 Å². The van der Waals surface area contributed by atoms with Crippen LogP contribution in [0, 0.1) is 0 Å². The Balaban J connectivity index is 1.56. The Labute approximate surface area is 148 Å². The van der Waals surface area contributed by atoms with Crippen molar-refractivity contribution in [3.05, 3.63) is 46.3 Å². The molecule has 2 aromatic heterocycles. The van der Waals surface area contributed by atoms with E-state index in [4.69, 9.17) is 0 Å². The molecule has 0 bridgehead atoms. The molecular formula is C18H26N6O. The average molecular weight is 342 g/mol. The number of likely N-dealkylation sites (N-methyl/N-ethyl adjacent to an activating group) is 1. The third kappa shape index (κ3) is 3.87. The lowest BCUT2D eigenvalue weighted by molar-refractivity contribution is 0.194. The van der Waals surface area contributed by atoms with Crippen LogP contribution in [-0.2, 0) is 19.0 Å². The normalized spacial score (nSPS) is 15.5. The zero-order valence-electron chi connectivity index (χ0n) is 15.6. The van der Waals surface area contributed by atoms with E-state index in [0.29, 0.717) is 12.6 Å². The fraction of sp³-hybridized carbons (Fsp3) is 0.556. The third-order valence-electron chi connectivity index (χ3n) is 4.67. The highest BCUT2D eigenvalue weighted by Gasteiger charge is 2.31. The number of rotatable bonds is 4. The van der Waals surface area contributed by atoms with Crippen molar-refractivity contribution >= 4 is 5.82 Å². The standard InChI is InChI=1S/C18H26N6O/c1-18(2,3)15-6-7-16(21-20-15)24-11-14(12-24)23(5)10-13-8-9-22(4)17(25)19-13/h6-9,14H,10-12H2,1-5H3. The van der Waals surface area contributed by atoms with Gasteiger partial charge in [-0.1, -0.05) is 20.8 Å². The number of hydrogen-bond acceptors (Lipinski definition) is 6. The van der Waals surface area contributed by atoms with Crippen LogP contribution in [0.1, 0.15) is 32.2 Å². The first kappa shape index (κ1) is 17.5. The van der Waals surface area contributed by atoms with E-state index in [9.17, 15) is 4.79 Å². The third-order valence-corrected chi connectivity index (χ3v) is 4.67. The molecule has 0 aromatic carbocycles. The second-order valence-corrected chi connectivity index (χ2v) is 7.81. The summed E-state index contributed by atoms with van der Waals surface area (Å²) < 4.78 is 1.48. The lowest BCUT2D eigenvalue weighted by Crippen LogP contribution is -2.58. The molecule has 0 aliphatic carbocycles. The molecule has 0 amide bonds. The molecule has 0 N–H and O–H groups in total. The molecule has 3 heterocycles. The van der Waals surface area contributed by atoms with Gasteiger partial charge in [-0.15, -0.1) is 5.10 Å². The van der Waals surface area contributed by atoms with Crippen LogP contribution in [0.2, 0.25) is 0 Å². The van der Waals surface area contributed by atoms with Crippen molar-refractivity contribution in [3.8, 4) is 0 Å². The van der Waals surface area contributed by atoms with Crippen LogP contribution in [0.4, 0.5) is 5.82 Å². The van der Waals surface area contributed by atoms with Crippen molar-refractivity contribution in [3.63, 3.8) is 0 Å². The van der Waals surface area contributed by atoms with Crippen LogP contribution in [-0.4, -0.2) is 50.8 Å². The molecule has 1 aliphatic rings. The van der Waals surface area contributed by atoms with Crippen LogP contribution in [0.5, 0.6) is 0 Å². The number of nitrogens with zero attached hydrogens (tertiary/aromatic N) is 6. The van der Waals surface area contributed by atoms with E-state index in [-0.39, 0.29) is 11.1 Å². The lowest BCUT2D eigenvalue weighted by Gasteiger charge is -2.44. The summed E-state index contributed by atoms with van der Waals surface area (Å²) in [5.41, 5.74) is 1.61. The number of anilines is 1. The van der Waals surface area contributed by atoms with Gasteiger partial charge in [0.15, 0.2) is 5.82 Å². The average Bonchev–Trinajstić information content (AvgIpc) is 2.49. The summed E-state index contributed by atoms with van der Waals surface area (Å²) in [6.07, 6.45) is 1.76. The zero-order valence-corrected chi connectivity index (χ0v) is 15.6. The van der Waals surface area contributed by atoms with Crippen LogP contribution >= 0.6 is 0 Å². The minimum Gasteiger partial charge on any atom is -0.352 e. The molecule has 7 heteroatoms. The van der Waals surface area contributed by atoms with E-state index in [1.165, 1.54) is 4.57 Å². The second kappa shape index (κ2) is 6.55. The molecule has 0 spiro atoms. The maximum Gasteiger partial charge on any atom is 0.347 e. The molecule has 0 radical (unpaired) electrons. The molecule has 25 heavy (non-hydrogen) atoms. The fourth-order valence-electron chi connectivity index (χ4n) is 2.79. The minimum atomic E-state index is -0.213. The Morgan fingerprint density at radius 3 is 2.48 bits per heavy atom. The van der Waals surface area contributed by atoms with Crippen LogP contribution in [0.15, 0.2) is 29.2 Å². The predicted octanol–water partition coefficient (Wildman–Crippen LogP) is 1.19. The summed E-state index contributed by atoms with van der Waals surface area (Å²) in [5.74, 6) is 0.921. The van der Waals surface area contributed by atoms with Crippen molar-refractivity contribution in [1.82, 2.24) is 24.6 Å². The Morgan fingerprint density at radius 2 is 1.92 bits per heavy atom. The summed E-state index contributed by atoms with van der Waals surface area (Å²) in [6, 6.07) is 6.43. The molecule has 2 aromatic rings. The summed E-state index contributed by atoms with van der Waals surface area (Å²) in [6.45, 7) is 8.89. The fourth-order valence-corrected chi connectivity index (χ4v) is 2.79. The smallest absolute Gasteiger partial charge is 0.347 e. The van der Waals surface area contributed by atoms with Gasteiger partial charge >= 0.3 is 5.69 Å². The first-order valence-corrected chi connectivity index (χ1v) is 8.56. The second-order valence-electron chi connectivity index (χ2n) is 7.81. The van der Waals surface area contributed by atoms with Gasteiger partial charge < -0.3 is 9.47 Å². The molecule has 0 unspecified atom stereocenters. The number of aromatic nitrogens is 4. The summed E-state index contributed by atoms with van der Waals surface area (Å²) in [7, 11) is 3.77. The van der Waals surface area contributed by atoms with Crippen molar-refractivity contribution in [1.29, 1.82) is 0 Å². The lowest BCUT2D eigenvalue weighted by atomic mass is 9.92. The van der Waals surface area contributed by atoms with Crippen molar-refractivity contribution in [2.24, 2.45) is 7.05 Å². The van der Waals surface area contributed by atoms with Crippen LogP contribution < -0.4 is 10.6 Å². The molecule has 0 saturated carbocycles. The maximum absolute atomic E-state index is 11.6. The Kier molecular flexibility index (Phi) is 4.60. The van der Waals surface area contributed by atoms with Gasteiger partial charge in [-0.05, 0) is 25.2 Å². The first-order chi connectivity index (χ1) is 11.7. The topological polar surface area (TPSA) is 67.2 Å². The molecule has 0 atom stereocenters. The summed E-state index contributed by atoms with van der Waals surface area (Å²) in [4.78, 5) is 20.2. The van der Waals surface area contributed by atoms with E-state index in [1.54, 1.807) is 13.2 Å². The molecule has 3 rings (SSSR count). The highest BCUT2D eigenvalue weighted by atomic mass is 16.1. The van der Waals surface area contributed by atoms with E-state index >= 15 is 0 Å². The quantitative estimate of drug-likeness (QED) is 0.831. The van der Waals surface area contributed by atoms with E-state index in [0.717, 1.165) is 30.3 Å². The largest absolute Gasteiger partial charge is 0.352 e. The van der Waals surface area contributed by atoms with Gasteiger partial charge in [-0.3, -0.25) is 4.90 Å². The Morgan fingerprint density at radius 1 is 1.20 bits per heavy atom. The Bertz CT molecular complexity index is 786. The van der Waals surface area contributed by atoms with E-state index in [2.05, 4.69) is 58.9 Å².